The number of rotatable bonds is 4. The first-order valence-corrected chi connectivity index (χ1v) is 8.09. The van der Waals surface area contributed by atoms with Crippen molar-refractivity contribution in [1.29, 1.82) is 0 Å². The number of carbonyl (C=O) groups excluding carboxylic acids is 1. The maximum absolute atomic E-state index is 11.5. The van der Waals surface area contributed by atoms with Crippen LogP contribution in [0.1, 0.15) is 61.3 Å². The smallest absolute Gasteiger partial charge is 0.219 e. The fourth-order valence-corrected chi connectivity index (χ4v) is 3.43. The summed E-state index contributed by atoms with van der Waals surface area (Å²) in [5.41, 5.74) is 0. The van der Waals surface area contributed by atoms with Crippen LogP contribution < -0.4 is 0 Å². The predicted octanol–water partition coefficient (Wildman–Crippen LogP) is 3.29. The molecule has 0 bridgehead atoms. The average Bonchev–Trinajstić information content (AvgIpc) is 2.41. The van der Waals surface area contributed by atoms with Crippen molar-refractivity contribution in [1.82, 2.24) is 4.90 Å². The van der Waals surface area contributed by atoms with Crippen LogP contribution in [0.15, 0.2) is 0 Å². The molecule has 1 aliphatic rings. The number of hydrogen-bond donors (Lipinski definition) is 0. The van der Waals surface area contributed by atoms with E-state index in [4.69, 9.17) is 0 Å². The second kappa shape index (κ2) is 8.57. The van der Waals surface area contributed by atoms with E-state index in [1.165, 1.54) is 23.9 Å². The van der Waals surface area contributed by atoms with Crippen molar-refractivity contribution in [3.05, 3.63) is 0 Å². The Kier molecular flexibility index (Phi) is 8.31. The molecule has 0 aromatic heterocycles. The molecular formula is C16H35N2O+. The lowest BCUT2D eigenvalue weighted by Crippen LogP contribution is -2.68. The zero-order valence-electron chi connectivity index (χ0n) is 14.2. The number of amides is 1. The molecule has 1 amide bonds. The molecule has 0 radical (unpaired) electrons. The lowest BCUT2D eigenvalue weighted by molar-refractivity contribution is -0.972. The molecule has 3 nitrogen and oxygen atoms in total. The molecule has 0 aromatic rings. The van der Waals surface area contributed by atoms with Gasteiger partial charge in [-0.05, 0) is 20.8 Å². The van der Waals surface area contributed by atoms with E-state index < -0.39 is 0 Å². The van der Waals surface area contributed by atoms with E-state index in [1.807, 2.05) is 18.7 Å². The van der Waals surface area contributed by atoms with Crippen LogP contribution in [0.25, 0.3) is 0 Å². The lowest BCUT2D eigenvalue weighted by Gasteiger charge is -2.52. The zero-order chi connectivity index (χ0) is 15.1. The van der Waals surface area contributed by atoms with Gasteiger partial charge in [-0.25, -0.2) is 0 Å². The predicted molar refractivity (Wildman–Crippen MR) is 83.1 cm³/mol. The first-order valence-electron chi connectivity index (χ1n) is 8.09. The van der Waals surface area contributed by atoms with Crippen molar-refractivity contribution < 1.29 is 9.28 Å². The number of hydrogen-bond acceptors (Lipinski definition) is 1. The molecule has 1 heterocycles. The minimum Gasteiger partial charge on any atom is -0.331 e. The van der Waals surface area contributed by atoms with Gasteiger partial charge in [0.15, 0.2) is 0 Å². The molecule has 0 saturated carbocycles. The van der Waals surface area contributed by atoms with Gasteiger partial charge >= 0.3 is 0 Å². The van der Waals surface area contributed by atoms with Crippen LogP contribution in [-0.2, 0) is 4.79 Å². The van der Waals surface area contributed by atoms with Gasteiger partial charge in [0.05, 0.1) is 32.2 Å². The summed E-state index contributed by atoms with van der Waals surface area (Å²) in [5, 5.41) is 0. The Morgan fingerprint density at radius 1 is 1.32 bits per heavy atom. The van der Waals surface area contributed by atoms with Crippen molar-refractivity contribution in [2.24, 2.45) is 0 Å². The van der Waals surface area contributed by atoms with Crippen LogP contribution in [0.5, 0.6) is 0 Å². The van der Waals surface area contributed by atoms with Gasteiger partial charge in [0.2, 0.25) is 5.91 Å². The molecule has 0 aliphatic carbocycles. The summed E-state index contributed by atoms with van der Waals surface area (Å²) in [5.74, 6) is 0.240. The standard InChI is InChI=1S/C14H29N2O.C2H6/c1-6-8-14-11-15(13(5)17)9-10-16(14,7-2)12(3)4;1-2/h12,14H,6-11H2,1-5H3;1-2H3/q+1;. The molecule has 19 heavy (non-hydrogen) atoms. The molecule has 1 rings (SSSR count). The van der Waals surface area contributed by atoms with Crippen LogP contribution in [0.3, 0.4) is 0 Å². The van der Waals surface area contributed by atoms with Crippen LogP contribution in [0, 0.1) is 0 Å². The van der Waals surface area contributed by atoms with E-state index in [1.54, 1.807) is 6.92 Å². The van der Waals surface area contributed by atoms with E-state index in [0.29, 0.717) is 12.1 Å². The van der Waals surface area contributed by atoms with E-state index in [9.17, 15) is 4.79 Å². The fourth-order valence-electron chi connectivity index (χ4n) is 3.43. The van der Waals surface area contributed by atoms with Crippen molar-refractivity contribution >= 4 is 5.91 Å². The number of likely N-dealkylation sites (N-methyl/N-ethyl adjacent to an activating group) is 1. The minimum atomic E-state index is 0.240. The third-order valence-corrected chi connectivity index (χ3v) is 4.63. The molecule has 2 unspecified atom stereocenters. The summed E-state index contributed by atoms with van der Waals surface area (Å²) in [6.45, 7) is 19.1. The highest BCUT2D eigenvalue weighted by Gasteiger charge is 2.42. The maximum atomic E-state index is 11.5. The highest BCUT2D eigenvalue weighted by atomic mass is 16.2. The Hall–Kier alpha value is -0.570. The van der Waals surface area contributed by atoms with Gasteiger partial charge in [0.25, 0.3) is 0 Å². The van der Waals surface area contributed by atoms with Gasteiger partial charge < -0.3 is 9.38 Å². The maximum Gasteiger partial charge on any atom is 0.219 e. The van der Waals surface area contributed by atoms with Gasteiger partial charge in [-0.15, -0.1) is 0 Å². The van der Waals surface area contributed by atoms with Crippen LogP contribution in [-0.4, -0.2) is 53.6 Å². The third kappa shape index (κ3) is 4.20. The zero-order valence-corrected chi connectivity index (χ0v) is 14.2. The Balaban J connectivity index is 0.00000154. The number of piperazine rings is 1. The normalized spacial score (nSPS) is 26.9. The molecule has 1 aliphatic heterocycles. The van der Waals surface area contributed by atoms with E-state index in [-0.39, 0.29) is 5.91 Å². The van der Waals surface area contributed by atoms with E-state index in [2.05, 4.69) is 27.7 Å². The minimum absolute atomic E-state index is 0.240. The SMILES string of the molecule is CC.CCCC1CN(C(C)=O)CC[N+]1(CC)C(C)C. The number of quaternary nitrogens is 1. The van der Waals surface area contributed by atoms with Crippen molar-refractivity contribution in [2.75, 3.05) is 26.2 Å². The Bertz CT molecular complexity index is 265. The molecule has 3 heteroatoms. The van der Waals surface area contributed by atoms with Crippen molar-refractivity contribution in [3.63, 3.8) is 0 Å². The van der Waals surface area contributed by atoms with Crippen LogP contribution in [0.4, 0.5) is 0 Å². The summed E-state index contributed by atoms with van der Waals surface area (Å²) < 4.78 is 1.19. The Morgan fingerprint density at radius 2 is 1.89 bits per heavy atom. The van der Waals surface area contributed by atoms with Gasteiger partial charge in [-0.3, -0.25) is 4.79 Å². The van der Waals surface area contributed by atoms with Crippen LogP contribution in [0.2, 0.25) is 0 Å². The molecule has 0 spiro atoms. The molecule has 2 atom stereocenters. The summed E-state index contributed by atoms with van der Waals surface area (Å²) in [6.07, 6.45) is 2.44. The monoisotopic (exact) mass is 271 g/mol. The topological polar surface area (TPSA) is 20.3 Å². The Labute approximate surface area is 120 Å². The van der Waals surface area contributed by atoms with E-state index in [0.717, 1.165) is 19.6 Å². The lowest BCUT2D eigenvalue weighted by atomic mass is 9.99. The molecular weight excluding hydrogens is 236 g/mol. The second-order valence-corrected chi connectivity index (χ2v) is 5.64. The molecule has 1 fully saturated rings. The van der Waals surface area contributed by atoms with Crippen molar-refractivity contribution in [3.8, 4) is 0 Å². The van der Waals surface area contributed by atoms with Crippen LogP contribution >= 0.6 is 0 Å². The largest absolute Gasteiger partial charge is 0.331 e. The fraction of sp³-hybridized carbons (Fsp3) is 0.938. The summed E-state index contributed by atoms with van der Waals surface area (Å²) in [4.78, 5) is 13.6. The molecule has 0 aromatic carbocycles. The van der Waals surface area contributed by atoms with Gasteiger partial charge in [-0.2, -0.15) is 0 Å². The molecule has 1 saturated heterocycles. The Morgan fingerprint density at radius 3 is 2.26 bits per heavy atom. The second-order valence-electron chi connectivity index (χ2n) is 5.64. The van der Waals surface area contributed by atoms with Gasteiger partial charge in [0, 0.05) is 13.3 Å². The number of nitrogens with zero attached hydrogens (tertiary/aromatic N) is 2. The number of carbonyl (C=O) groups is 1. The average molecular weight is 271 g/mol. The molecule has 114 valence electrons. The van der Waals surface area contributed by atoms with Gasteiger partial charge in [-0.1, -0.05) is 27.2 Å². The first kappa shape index (κ1) is 18.4. The summed E-state index contributed by atoms with van der Waals surface area (Å²) >= 11 is 0. The third-order valence-electron chi connectivity index (χ3n) is 4.63. The first-order chi connectivity index (χ1) is 8.97. The summed E-state index contributed by atoms with van der Waals surface area (Å²) in [7, 11) is 0. The quantitative estimate of drug-likeness (QED) is 0.719. The molecule has 0 N–H and O–H groups in total. The highest BCUT2D eigenvalue weighted by Crippen LogP contribution is 2.27. The summed E-state index contributed by atoms with van der Waals surface area (Å²) in [6, 6.07) is 1.29. The highest BCUT2D eigenvalue weighted by molar-refractivity contribution is 5.73. The van der Waals surface area contributed by atoms with Crippen molar-refractivity contribution in [2.45, 2.75) is 73.4 Å². The van der Waals surface area contributed by atoms with Gasteiger partial charge in [0.1, 0.15) is 6.04 Å². The van der Waals surface area contributed by atoms with E-state index >= 15 is 0 Å².